The number of carbonyl (C=O) groups is 1. The van der Waals surface area contributed by atoms with Crippen LogP contribution in [0, 0.1) is 23.5 Å². The summed E-state index contributed by atoms with van der Waals surface area (Å²) >= 11 is 0. The van der Waals surface area contributed by atoms with Crippen LogP contribution in [0.5, 0.6) is 0 Å². The molecule has 5 nitrogen and oxygen atoms in total. The number of amides is 1. The number of benzene rings is 2. The van der Waals surface area contributed by atoms with E-state index < -0.39 is 26.6 Å². The summed E-state index contributed by atoms with van der Waals surface area (Å²) in [5.41, 5.74) is 0.783. The van der Waals surface area contributed by atoms with E-state index in [1.165, 1.54) is 7.05 Å². The Morgan fingerprint density at radius 3 is 2.40 bits per heavy atom. The minimum Gasteiger partial charge on any atom is -0.355 e. The average molecular weight is 364 g/mol. The van der Waals surface area contributed by atoms with Crippen LogP contribution in [0.3, 0.4) is 0 Å². The van der Waals surface area contributed by atoms with Gasteiger partial charge in [0.1, 0.15) is 11.6 Å². The first kappa shape index (κ1) is 18.6. The number of halogens is 2. The van der Waals surface area contributed by atoms with Gasteiger partial charge in [0.25, 0.3) is 5.91 Å². The van der Waals surface area contributed by atoms with E-state index in [9.17, 15) is 22.0 Å². The molecule has 0 fully saturated rings. The Bertz CT molecular complexity index is 943. The van der Waals surface area contributed by atoms with Gasteiger partial charge in [0, 0.05) is 18.7 Å². The lowest BCUT2D eigenvalue weighted by Crippen LogP contribution is -2.24. The SMILES string of the molecule is CNC(=O)c1ccccc1C#CCNS(=O)(=O)c1cc(F)cc(F)c1. The molecule has 0 spiro atoms. The average Bonchev–Trinajstić information content (AvgIpc) is 2.57. The maximum atomic E-state index is 13.1. The van der Waals surface area contributed by atoms with Crippen molar-refractivity contribution in [3.05, 3.63) is 65.2 Å². The van der Waals surface area contributed by atoms with Crippen molar-refractivity contribution in [1.29, 1.82) is 0 Å². The highest BCUT2D eigenvalue weighted by Crippen LogP contribution is 2.13. The molecule has 0 bridgehead atoms. The van der Waals surface area contributed by atoms with Gasteiger partial charge in [-0.2, -0.15) is 4.72 Å². The van der Waals surface area contributed by atoms with Crippen LogP contribution in [-0.2, 0) is 10.0 Å². The molecule has 130 valence electrons. The predicted molar refractivity (Wildman–Crippen MR) is 88.3 cm³/mol. The second-order valence-corrected chi connectivity index (χ2v) is 6.62. The first-order valence-corrected chi connectivity index (χ1v) is 8.57. The Labute approximate surface area is 144 Å². The van der Waals surface area contributed by atoms with Crippen molar-refractivity contribution in [3.8, 4) is 11.8 Å². The molecule has 2 aromatic rings. The monoisotopic (exact) mass is 364 g/mol. The molecule has 0 heterocycles. The molecule has 25 heavy (non-hydrogen) atoms. The number of nitrogens with one attached hydrogen (secondary N) is 2. The van der Waals surface area contributed by atoms with Gasteiger partial charge >= 0.3 is 0 Å². The molecule has 2 N–H and O–H groups in total. The highest BCUT2D eigenvalue weighted by atomic mass is 32.2. The summed E-state index contributed by atoms with van der Waals surface area (Å²) in [7, 11) is -2.62. The molecule has 0 aromatic heterocycles. The molecular weight excluding hydrogens is 350 g/mol. The molecule has 1 amide bonds. The maximum absolute atomic E-state index is 13.1. The third-order valence-electron chi connectivity index (χ3n) is 3.12. The highest BCUT2D eigenvalue weighted by molar-refractivity contribution is 7.89. The van der Waals surface area contributed by atoms with Gasteiger partial charge in [-0.15, -0.1) is 0 Å². The molecule has 2 rings (SSSR count). The summed E-state index contributed by atoms with van der Waals surface area (Å²) in [6, 6.07) is 8.57. The first-order valence-electron chi connectivity index (χ1n) is 7.09. The van der Waals surface area contributed by atoms with Gasteiger partial charge in [-0.25, -0.2) is 17.2 Å². The zero-order chi connectivity index (χ0) is 18.4. The Kier molecular flexibility index (Phi) is 5.85. The lowest BCUT2D eigenvalue weighted by molar-refractivity contribution is 0.0963. The molecule has 8 heteroatoms. The van der Waals surface area contributed by atoms with Gasteiger partial charge in [0.2, 0.25) is 10.0 Å². The number of hydrogen-bond acceptors (Lipinski definition) is 3. The van der Waals surface area contributed by atoms with E-state index in [4.69, 9.17) is 0 Å². The van der Waals surface area contributed by atoms with Crippen LogP contribution in [0.2, 0.25) is 0 Å². The zero-order valence-electron chi connectivity index (χ0n) is 13.1. The van der Waals surface area contributed by atoms with Crippen LogP contribution in [0.25, 0.3) is 0 Å². The molecule has 0 aliphatic heterocycles. The number of sulfonamides is 1. The second-order valence-electron chi connectivity index (χ2n) is 4.86. The van der Waals surface area contributed by atoms with Crippen LogP contribution in [-0.4, -0.2) is 27.9 Å². The summed E-state index contributed by atoms with van der Waals surface area (Å²) in [4.78, 5) is 11.2. The Hall–Kier alpha value is -2.76. The fraction of sp³-hybridized carbons (Fsp3) is 0.118. The van der Waals surface area contributed by atoms with E-state index in [1.54, 1.807) is 24.3 Å². The van der Waals surface area contributed by atoms with Crippen LogP contribution >= 0.6 is 0 Å². The molecule has 0 aliphatic rings. The topological polar surface area (TPSA) is 75.3 Å². The second kappa shape index (κ2) is 7.88. The zero-order valence-corrected chi connectivity index (χ0v) is 14.0. The van der Waals surface area contributed by atoms with Crippen molar-refractivity contribution < 1.29 is 22.0 Å². The van der Waals surface area contributed by atoms with Gasteiger partial charge in [0.05, 0.1) is 17.0 Å². The third-order valence-corrected chi connectivity index (χ3v) is 4.50. The molecule has 0 radical (unpaired) electrons. The fourth-order valence-corrected chi connectivity index (χ4v) is 2.93. The molecular formula is C17H14F2N2O3S. The Balaban J connectivity index is 2.14. The first-order chi connectivity index (χ1) is 11.8. The summed E-state index contributed by atoms with van der Waals surface area (Å²) in [6.07, 6.45) is 0. The number of rotatable bonds is 4. The van der Waals surface area contributed by atoms with Crippen LogP contribution < -0.4 is 10.0 Å². The third kappa shape index (κ3) is 4.86. The molecule has 0 saturated carbocycles. The van der Waals surface area contributed by atoms with Crippen LogP contribution in [0.4, 0.5) is 8.78 Å². The van der Waals surface area contributed by atoms with E-state index in [0.717, 1.165) is 0 Å². The van der Waals surface area contributed by atoms with E-state index in [0.29, 0.717) is 29.3 Å². The van der Waals surface area contributed by atoms with E-state index >= 15 is 0 Å². The molecule has 2 aromatic carbocycles. The van der Waals surface area contributed by atoms with Gasteiger partial charge in [-0.1, -0.05) is 24.0 Å². The minimum absolute atomic E-state index is 0.289. The van der Waals surface area contributed by atoms with Crippen molar-refractivity contribution >= 4 is 15.9 Å². The van der Waals surface area contributed by atoms with Crippen molar-refractivity contribution in [3.63, 3.8) is 0 Å². The minimum atomic E-state index is -4.10. The van der Waals surface area contributed by atoms with Gasteiger partial charge in [-0.3, -0.25) is 4.79 Å². The quantitative estimate of drug-likeness (QED) is 0.810. The molecule has 0 saturated heterocycles. The normalized spacial score (nSPS) is 10.7. The maximum Gasteiger partial charge on any atom is 0.252 e. The lowest BCUT2D eigenvalue weighted by Gasteiger charge is -2.04. The van der Waals surface area contributed by atoms with Gasteiger partial charge < -0.3 is 5.32 Å². The lowest BCUT2D eigenvalue weighted by atomic mass is 10.1. The number of carbonyl (C=O) groups excluding carboxylic acids is 1. The highest BCUT2D eigenvalue weighted by Gasteiger charge is 2.15. The fourth-order valence-electron chi connectivity index (χ4n) is 1.96. The van der Waals surface area contributed by atoms with Crippen molar-refractivity contribution in [2.45, 2.75) is 4.90 Å². The molecule has 0 aliphatic carbocycles. The molecule has 0 unspecified atom stereocenters. The molecule has 0 atom stereocenters. The smallest absolute Gasteiger partial charge is 0.252 e. The summed E-state index contributed by atoms with van der Waals surface area (Å²) in [5.74, 6) is 2.95. The summed E-state index contributed by atoms with van der Waals surface area (Å²) in [5, 5.41) is 2.48. The van der Waals surface area contributed by atoms with E-state index in [1.807, 2.05) is 0 Å². The number of hydrogen-bond donors (Lipinski definition) is 2. The largest absolute Gasteiger partial charge is 0.355 e. The Morgan fingerprint density at radius 1 is 1.12 bits per heavy atom. The van der Waals surface area contributed by atoms with Crippen LogP contribution in [0.1, 0.15) is 15.9 Å². The van der Waals surface area contributed by atoms with E-state index in [2.05, 4.69) is 21.9 Å². The van der Waals surface area contributed by atoms with Gasteiger partial charge in [-0.05, 0) is 24.3 Å². The van der Waals surface area contributed by atoms with Crippen molar-refractivity contribution in [1.82, 2.24) is 10.0 Å². The van der Waals surface area contributed by atoms with E-state index in [-0.39, 0.29) is 12.5 Å². The standard InChI is InChI=1S/C17H14F2N2O3S/c1-20-17(22)16-7-3-2-5-12(16)6-4-8-21-25(23,24)15-10-13(18)9-14(19)11-15/h2-3,5,7,9-11,21H,8H2,1H3,(H,20,22). The van der Waals surface area contributed by atoms with Gasteiger partial charge in [0.15, 0.2) is 0 Å². The Morgan fingerprint density at radius 2 is 1.76 bits per heavy atom. The summed E-state index contributed by atoms with van der Waals surface area (Å²) < 4.78 is 52.4. The summed E-state index contributed by atoms with van der Waals surface area (Å²) in [6.45, 7) is -0.289. The van der Waals surface area contributed by atoms with Crippen LogP contribution in [0.15, 0.2) is 47.4 Å². The van der Waals surface area contributed by atoms with Crippen molar-refractivity contribution in [2.24, 2.45) is 0 Å². The van der Waals surface area contributed by atoms with Crippen molar-refractivity contribution in [2.75, 3.05) is 13.6 Å². The predicted octanol–water partition coefficient (Wildman–Crippen LogP) is 1.65.